The van der Waals surface area contributed by atoms with Crippen LogP contribution in [-0.4, -0.2) is 43.5 Å². The summed E-state index contributed by atoms with van der Waals surface area (Å²) in [5.41, 5.74) is 1.13. The van der Waals surface area contributed by atoms with E-state index in [1.165, 1.54) is 12.8 Å². The summed E-state index contributed by atoms with van der Waals surface area (Å²) in [5.74, 6) is 1.39. The van der Waals surface area contributed by atoms with Crippen LogP contribution in [0.5, 0.6) is 11.5 Å². The van der Waals surface area contributed by atoms with Crippen LogP contribution in [0.2, 0.25) is 0 Å². The average molecular weight is 411 g/mol. The quantitative estimate of drug-likeness (QED) is 0.650. The van der Waals surface area contributed by atoms with Crippen LogP contribution in [0.15, 0.2) is 48.5 Å². The van der Waals surface area contributed by atoms with Crippen LogP contribution in [0.4, 0.5) is 5.69 Å². The van der Waals surface area contributed by atoms with E-state index in [1.807, 2.05) is 41.3 Å². The van der Waals surface area contributed by atoms with Crippen molar-refractivity contribution in [2.75, 3.05) is 32.1 Å². The van der Waals surface area contributed by atoms with E-state index in [9.17, 15) is 9.59 Å². The minimum absolute atomic E-state index is 0.00404. The lowest BCUT2D eigenvalue weighted by atomic mass is 10.1. The Morgan fingerprint density at radius 1 is 0.933 bits per heavy atom. The molecule has 0 atom stereocenters. The third-order valence-corrected chi connectivity index (χ3v) is 5.20. The maximum Gasteiger partial charge on any atom is 0.255 e. The van der Waals surface area contributed by atoms with Crippen molar-refractivity contribution in [1.29, 1.82) is 0 Å². The van der Waals surface area contributed by atoms with Crippen LogP contribution in [0.25, 0.3) is 0 Å². The zero-order valence-corrected chi connectivity index (χ0v) is 17.6. The molecule has 160 valence electrons. The second-order valence-corrected chi connectivity index (χ2v) is 7.43. The molecule has 0 unspecified atom stereocenters. The molecule has 2 amide bonds. The third kappa shape index (κ3) is 6.24. The molecule has 0 aromatic heterocycles. The number of carbonyl (C=O) groups excluding carboxylic acids is 2. The number of rotatable bonds is 8. The molecule has 6 nitrogen and oxygen atoms in total. The van der Waals surface area contributed by atoms with Gasteiger partial charge in [0.15, 0.2) is 0 Å². The van der Waals surface area contributed by atoms with Crippen molar-refractivity contribution < 1.29 is 19.1 Å². The Hall–Kier alpha value is -3.02. The van der Waals surface area contributed by atoms with Crippen molar-refractivity contribution in [2.45, 2.75) is 38.5 Å². The van der Waals surface area contributed by atoms with Gasteiger partial charge in [0.05, 0.1) is 25.0 Å². The molecule has 1 N–H and O–H groups in total. The fourth-order valence-corrected chi connectivity index (χ4v) is 3.53. The van der Waals surface area contributed by atoms with Crippen molar-refractivity contribution in [3.8, 4) is 11.5 Å². The van der Waals surface area contributed by atoms with Crippen LogP contribution in [-0.2, 0) is 4.79 Å². The van der Waals surface area contributed by atoms with Gasteiger partial charge >= 0.3 is 0 Å². The molecule has 1 aliphatic heterocycles. The number of nitrogens with zero attached hydrogens (tertiary/aromatic N) is 1. The van der Waals surface area contributed by atoms with Gasteiger partial charge in [-0.3, -0.25) is 9.59 Å². The van der Waals surface area contributed by atoms with E-state index in [4.69, 9.17) is 9.47 Å². The van der Waals surface area contributed by atoms with Gasteiger partial charge in [-0.2, -0.15) is 0 Å². The zero-order chi connectivity index (χ0) is 21.2. The van der Waals surface area contributed by atoms with E-state index >= 15 is 0 Å². The van der Waals surface area contributed by atoms with Gasteiger partial charge in [0.25, 0.3) is 5.91 Å². The number of ether oxygens (including phenoxy) is 2. The number of nitrogens with one attached hydrogen (secondary N) is 1. The largest absolute Gasteiger partial charge is 0.497 e. The summed E-state index contributed by atoms with van der Waals surface area (Å²) in [5, 5.41) is 2.90. The summed E-state index contributed by atoms with van der Waals surface area (Å²) in [6, 6.07) is 14.6. The van der Waals surface area contributed by atoms with Crippen molar-refractivity contribution >= 4 is 17.5 Å². The number of benzene rings is 2. The highest BCUT2D eigenvalue weighted by Crippen LogP contribution is 2.21. The Morgan fingerprint density at radius 3 is 2.30 bits per heavy atom. The molecule has 1 saturated heterocycles. The summed E-state index contributed by atoms with van der Waals surface area (Å²) < 4.78 is 10.8. The number of hydrogen-bond acceptors (Lipinski definition) is 4. The summed E-state index contributed by atoms with van der Waals surface area (Å²) in [6.07, 6.45) is 5.31. The maximum absolute atomic E-state index is 13.0. The monoisotopic (exact) mass is 410 g/mol. The zero-order valence-electron chi connectivity index (χ0n) is 17.6. The van der Waals surface area contributed by atoms with Gasteiger partial charge in [0.2, 0.25) is 5.91 Å². The molecule has 3 rings (SSSR count). The maximum atomic E-state index is 13.0. The van der Waals surface area contributed by atoms with E-state index in [1.54, 1.807) is 19.2 Å². The highest BCUT2D eigenvalue weighted by Gasteiger charge is 2.20. The Bertz CT molecular complexity index is 827. The van der Waals surface area contributed by atoms with Crippen LogP contribution in [0.3, 0.4) is 0 Å². The molecule has 0 spiro atoms. The molecule has 30 heavy (non-hydrogen) atoms. The highest BCUT2D eigenvalue weighted by molar-refractivity contribution is 6.03. The van der Waals surface area contributed by atoms with Gasteiger partial charge in [-0.25, -0.2) is 0 Å². The molecular weight excluding hydrogens is 380 g/mol. The molecule has 1 aliphatic rings. The average Bonchev–Trinajstić information content (AvgIpc) is 3.07. The third-order valence-electron chi connectivity index (χ3n) is 5.20. The summed E-state index contributed by atoms with van der Waals surface area (Å²) >= 11 is 0. The number of likely N-dealkylation sites (tertiary alicyclic amines) is 1. The minimum atomic E-state index is -0.121. The fraction of sp³-hybridized carbons (Fsp3) is 0.417. The molecule has 1 fully saturated rings. The molecule has 2 aromatic rings. The molecule has 2 aromatic carbocycles. The summed E-state index contributed by atoms with van der Waals surface area (Å²) in [4.78, 5) is 27.3. The van der Waals surface area contributed by atoms with E-state index in [2.05, 4.69) is 5.32 Å². The van der Waals surface area contributed by atoms with Gasteiger partial charge in [0, 0.05) is 19.5 Å². The Kier molecular flexibility index (Phi) is 8.12. The molecule has 1 heterocycles. The molecule has 6 heteroatoms. The number of carbonyl (C=O) groups is 2. The molecule has 0 bridgehead atoms. The van der Waals surface area contributed by atoms with Gasteiger partial charge in [-0.1, -0.05) is 25.0 Å². The standard InChI is InChI=1S/C24H30N2O4/c1-29-19-12-14-20(15-13-19)30-18-8-11-23(27)25-22-10-5-4-9-21(22)24(28)26-16-6-2-3-7-17-26/h4-5,9-10,12-15H,2-3,6-8,11,16-18H2,1H3,(H,25,27). The Balaban J connectivity index is 1.49. The smallest absolute Gasteiger partial charge is 0.255 e. The minimum Gasteiger partial charge on any atom is -0.497 e. The SMILES string of the molecule is COc1ccc(OCCCC(=O)Nc2ccccc2C(=O)N2CCCCCC2)cc1. The van der Waals surface area contributed by atoms with Crippen molar-refractivity contribution in [3.05, 3.63) is 54.1 Å². The van der Waals surface area contributed by atoms with Crippen molar-refractivity contribution in [2.24, 2.45) is 0 Å². The summed E-state index contributed by atoms with van der Waals surface area (Å²) in [7, 11) is 1.62. The van der Waals surface area contributed by atoms with E-state index in [0.717, 1.165) is 37.4 Å². The molecule has 0 radical (unpaired) electrons. The number of anilines is 1. The normalized spacial score (nSPS) is 14.0. The predicted molar refractivity (Wildman–Crippen MR) is 117 cm³/mol. The predicted octanol–water partition coefficient (Wildman–Crippen LogP) is 4.51. The molecule has 0 aliphatic carbocycles. The second-order valence-electron chi connectivity index (χ2n) is 7.43. The van der Waals surface area contributed by atoms with Gasteiger partial charge in [-0.15, -0.1) is 0 Å². The van der Waals surface area contributed by atoms with E-state index < -0.39 is 0 Å². The lowest BCUT2D eigenvalue weighted by Gasteiger charge is -2.22. The first-order valence-corrected chi connectivity index (χ1v) is 10.6. The number of amides is 2. The molecule has 0 saturated carbocycles. The first-order chi connectivity index (χ1) is 14.7. The Morgan fingerprint density at radius 2 is 1.60 bits per heavy atom. The van der Waals surface area contributed by atoms with Gasteiger partial charge in [0.1, 0.15) is 11.5 Å². The lowest BCUT2D eigenvalue weighted by molar-refractivity contribution is -0.116. The van der Waals surface area contributed by atoms with Gasteiger partial charge in [-0.05, 0) is 55.7 Å². The van der Waals surface area contributed by atoms with Crippen LogP contribution in [0.1, 0.15) is 48.9 Å². The van der Waals surface area contributed by atoms with E-state index in [0.29, 0.717) is 30.7 Å². The van der Waals surface area contributed by atoms with E-state index in [-0.39, 0.29) is 11.8 Å². The summed E-state index contributed by atoms with van der Waals surface area (Å²) in [6.45, 7) is 2.00. The lowest BCUT2D eigenvalue weighted by Crippen LogP contribution is -2.32. The number of methoxy groups -OCH3 is 1. The first kappa shape index (κ1) is 21.7. The number of para-hydroxylation sites is 1. The second kappa shape index (κ2) is 11.2. The van der Waals surface area contributed by atoms with Crippen LogP contribution in [0, 0.1) is 0 Å². The van der Waals surface area contributed by atoms with Crippen molar-refractivity contribution in [3.63, 3.8) is 0 Å². The Labute approximate surface area is 178 Å². The highest BCUT2D eigenvalue weighted by atomic mass is 16.5. The van der Waals surface area contributed by atoms with Gasteiger partial charge < -0.3 is 19.7 Å². The number of hydrogen-bond donors (Lipinski definition) is 1. The molecular formula is C24H30N2O4. The van der Waals surface area contributed by atoms with Crippen LogP contribution < -0.4 is 14.8 Å². The first-order valence-electron chi connectivity index (χ1n) is 10.6. The fourth-order valence-electron chi connectivity index (χ4n) is 3.53. The topological polar surface area (TPSA) is 67.9 Å². The van der Waals surface area contributed by atoms with Crippen molar-refractivity contribution in [1.82, 2.24) is 4.90 Å². The van der Waals surface area contributed by atoms with Crippen LogP contribution >= 0.6 is 0 Å².